The zero-order valence-corrected chi connectivity index (χ0v) is 14.0. The summed E-state index contributed by atoms with van der Waals surface area (Å²) in [6.45, 7) is 10.2. The normalized spacial score (nSPS) is 33.3. The van der Waals surface area contributed by atoms with E-state index in [1.54, 1.807) is 0 Å². The van der Waals surface area contributed by atoms with Crippen LogP contribution in [0.25, 0.3) is 0 Å². The van der Waals surface area contributed by atoms with Crippen molar-refractivity contribution in [3.05, 3.63) is 0 Å². The second kappa shape index (κ2) is 6.36. The lowest BCUT2D eigenvalue weighted by atomic mass is 9.71. The summed E-state index contributed by atoms with van der Waals surface area (Å²) in [5, 5.41) is 14.4. The van der Waals surface area contributed by atoms with E-state index in [4.69, 9.17) is 0 Å². The molecule has 0 saturated heterocycles. The van der Waals surface area contributed by atoms with Crippen molar-refractivity contribution in [3.63, 3.8) is 0 Å². The zero-order valence-electron chi connectivity index (χ0n) is 14.0. The van der Waals surface area contributed by atoms with Gasteiger partial charge < -0.3 is 10.4 Å². The van der Waals surface area contributed by atoms with Gasteiger partial charge in [-0.25, -0.2) is 0 Å². The van der Waals surface area contributed by atoms with Crippen LogP contribution in [0.2, 0.25) is 0 Å². The van der Waals surface area contributed by atoms with E-state index in [2.05, 4.69) is 33.0 Å². The second-order valence-electron chi connectivity index (χ2n) is 8.63. The van der Waals surface area contributed by atoms with E-state index in [-0.39, 0.29) is 0 Å². The van der Waals surface area contributed by atoms with E-state index in [1.165, 1.54) is 25.7 Å². The first-order chi connectivity index (χ1) is 9.30. The van der Waals surface area contributed by atoms with Gasteiger partial charge in [-0.05, 0) is 68.6 Å². The lowest BCUT2D eigenvalue weighted by Crippen LogP contribution is -2.48. The number of aliphatic hydroxyl groups is 1. The molecule has 0 spiro atoms. The van der Waals surface area contributed by atoms with Crippen molar-refractivity contribution >= 4 is 0 Å². The van der Waals surface area contributed by atoms with Crippen LogP contribution in [0.4, 0.5) is 0 Å². The van der Waals surface area contributed by atoms with E-state index in [0.717, 1.165) is 44.1 Å². The molecule has 2 nitrogen and oxygen atoms in total. The Labute approximate surface area is 125 Å². The minimum atomic E-state index is -0.440. The van der Waals surface area contributed by atoms with Gasteiger partial charge in [0.2, 0.25) is 0 Å². The molecule has 0 aromatic carbocycles. The molecule has 0 amide bonds. The van der Waals surface area contributed by atoms with E-state index >= 15 is 0 Å². The molecule has 2 aliphatic carbocycles. The third kappa shape index (κ3) is 4.46. The Morgan fingerprint density at radius 1 is 1.00 bits per heavy atom. The van der Waals surface area contributed by atoms with Crippen molar-refractivity contribution in [1.82, 2.24) is 5.32 Å². The third-order valence-corrected chi connectivity index (χ3v) is 5.97. The predicted molar refractivity (Wildman–Crippen MR) is 85.8 cm³/mol. The molecule has 0 radical (unpaired) electrons. The molecule has 0 unspecified atom stereocenters. The fraction of sp³-hybridized carbons (Fsp3) is 1.00. The maximum Gasteiger partial charge on any atom is 0.0772 e. The van der Waals surface area contributed by atoms with Crippen molar-refractivity contribution in [1.29, 1.82) is 0 Å². The average molecular weight is 281 g/mol. The molecule has 0 aromatic rings. The van der Waals surface area contributed by atoms with Gasteiger partial charge in [-0.3, -0.25) is 0 Å². The topological polar surface area (TPSA) is 32.3 Å². The van der Waals surface area contributed by atoms with Gasteiger partial charge in [0, 0.05) is 12.6 Å². The monoisotopic (exact) mass is 281 g/mol. The minimum Gasteiger partial charge on any atom is -0.389 e. The Kier molecular flexibility index (Phi) is 5.18. The van der Waals surface area contributed by atoms with Crippen LogP contribution >= 0.6 is 0 Å². The molecule has 20 heavy (non-hydrogen) atoms. The molecular formula is C18H35NO. The van der Waals surface area contributed by atoms with Crippen LogP contribution < -0.4 is 5.32 Å². The van der Waals surface area contributed by atoms with Crippen molar-refractivity contribution in [2.45, 2.75) is 90.7 Å². The minimum absolute atomic E-state index is 0.432. The summed E-state index contributed by atoms with van der Waals surface area (Å²) < 4.78 is 0. The van der Waals surface area contributed by atoms with Gasteiger partial charge in [-0.15, -0.1) is 0 Å². The molecule has 2 rings (SSSR count). The van der Waals surface area contributed by atoms with Gasteiger partial charge in [-0.2, -0.15) is 0 Å². The van der Waals surface area contributed by atoms with Gasteiger partial charge in [-0.1, -0.05) is 27.7 Å². The first-order valence-electron chi connectivity index (χ1n) is 8.75. The quantitative estimate of drug-likeness (QED) is 0.812. The molecule has 0 aliphatic heterocycles. The fourth-order valence-electron chi connectivity index (χ4n) is 3.89. The second-order valence-corrected chi connectivity index (χ2v) is 8.63. The predicted octanol–water partition coefficient (Wildman–Crippen LogP) is 4.12. The molecule has 0 bridgehead atoms. The Balaban J connectivity index is 1.71. The summed E-state index contributed by atoms with van der Waals surface area (Å²) >= 11 is 0. The van der Waals surface area contributed by atoms with E-state index in [1.807, 2.05) is 0 Å². The van der Waals surface area contributed by atoms with E-state index in [0.29, 0.717) is 11.5 Å². The Morgan fingerprint density at radius 3 is 2.05 bits per heavy atom. The van der Waals surface area contributed by atoms with Crippen LogP contribution in [0.3, 0.4) is 0 Å². The summed E-state index contributed by atoms with van der Waals surface area (Å²) in [4.78, 5) is 0. The summed E-state index contributed by atoms with van der Waals surface area (Å²) in [6, 6.07) is 0.643. The van der Waals surface area contributed by atoms with Crippen LogP contribution in [-0.2, 0) is 0 Å². The molecule has 118 valence electrons. The Bertz CT molecular complexity index is 293. The summed E-state index contributed by atoms with van der Waals surface area (Å²) in [7, 11) is 0. The number of rotatable bonds is 4. The SMILES string of the molecule is CC(C)C1CCC(NCC2(O)CCC(C)(C)CC2)CC1. The fourth-order valence-corrected chi connectivity index (χ4v) is 3.89. The van der Waals surface area contributed by atoms with Crippen LogP contribution in [0.1, 0.15) is 79.1 Å². The first kappa shape index (κ1) is 16.3. The van der Waals surface area contributed by atoms with Gasteiger partial charge in [0.25, 0.3) is 0 Å². The first-order valence-corrected chi connectivity index (χ1v) is 8.75. The maximum absolute atomic E-state index is 10.7. The molecule has 0 heterocycles. The van der Waals surface area contributed by atoms with Crippen LogP contribution in [0.15, 0.2) is 0 Å². The molecule has 2 aliphatic rings. The van der Waals surface area contributed by atoms with Crippen LogP contribution in [0.5, 0.6) is 0 Å². The number of hydrogen-bond donors (Lipinski definition) is 2. The highest BCUT2D eigenvalue weighted by molar-refractivity contribution is 4.92. The third-order valence-electron chi connectivity index (χ3n) is 5.97. The average Bonchev–Trinajstić information content (AvgIpc) is 2.41. The lowest BCUT2D eigenvalue weighted by Gasteiger charge is -2.41. The van der Waals surface area contributed by atoms with Gasteiger partial charge in [0.1, 0.15) is 0 Å². The summed E-state index contributed by atoms with van der Waals surface area (Å²) in [6.07, 6.45) is 9.57. The maximum atomic E-state index is 10.7. The van der Waals surface area contributed by atoms with Crippen molar-refractivity contribution < 1.29 is 5.11 Å². The van der Waals surface area contributed by atoms with Gasteiger partial charge >= 0.3 is 0 Å². The molecule has 2 saturated carbocycles. The molecule has 0 atom stereocenters. The van der Waals surface area contributed by atoms with Gasteiger partial charge in [0.15, 0.2) is 0 Å². The summed E-state index contributed by atoms with van der Waals surface area (Å²) in [5.74, 6) is 1.76. The molecule has 2 fully saturated rings. The number of hydrogen-bond acceptors (Lipinski definition) is 2. The smallest absolute Gasteiger partial charge is 0.0772 e. The molecule has 2 heteroatoms. The van der Waals surface area contributed by atoms with E-state index in [9.17, 15) is 5.11 Å². The number of nitrogens with one attached hydrogen (secondary N) is 1. The standard InChI is InChI=1S/C18H35NO/c1-14(2)15-5-7-16(8-6-15)19-13-18(20)11-9-17(3,4)10-12-18/h14-16,19-20H,5-13H2,1-4H3. The highest BCUT2D eigenvalue weighted by atomic mass is 16.3. The van der Waals surface area contributed by atoms with Crippen molar-refractivity contribution in [2.75, 3.05) is 6.54 Å². The lowest BCUT2D eigenvalue weighted by molar-refractivity contribution is -0.0271. The highest BCUT2D eigenvalue weighted by Gasteiger charge is 2.37. The van der Waals surface area contributed by atoms with E-state index < -0.39 is 5.60 Å². The van der Waals surface area contributed by atoms with Crippen LogP contribution in [-0.4, -0.2) is 23.3 Å². The Hall–Kier alpha value is -0.0800. The molecular weight excluding hydrogens is 246 g/mol. The molecule has 0 aromatic heterocycles. The summed E-state index contributed by atoms with van der Waals surface area (Å²) in [5.41, 5.74) is -0.00797. The van der Waals surface area contributed by atoms with Crippen molar-refractivity contribution in [3.8, 4) is 0 Å². The van der Waals surface area contributed by atoms with Crippen LogP contribution in [0, 0.1) is 17.3 Å². The Morgan fingerprint density at radius 2 is 1.55 bits per heavy atom. The largest absolute Gasteiger partial charge is 0.389 e. The molecule has 2 N–H and O–H groups in total. The van der Waals surface area contributed by atoms with Crippen molar-refractivity contribution in [2.24, 2.45) is 17.3 Å². The highest BCUT2D eigenvalue weighted by Crippen LogP contribution is 2.40. The van der Waals surface area contributed by atoms with Gasteiger partial charge in [0.05, 0.1) is 5.60 Å². The zero-order chi connectivity index (χ0) is 14.8.